The monoisotopic (exact) mass is 242 g/mol. The molecule has 0 bridgehead atoms. The standard InChI is InChI=1S/C14H26O3/c1-3-4-5-6-7-8-9-10-11-12-16-13-17-14(2)15/h3H,1,4-13H2,2H3. The summed E-state index contributed by atoms with van der Waals surface area (Å²) in [6.07, 6.45) is 11.9. The lowest BCUT2D eigenvalue weighted by atomic mass is 10.1. The third kappa shape index (κ3) is 15.2. The van der Waals surface area contributed by atoms with Crippen molar-refractivity contribution in [2.24, 2.45) is 0 Å². The third-order valence-corrected chi connectivity index (χ3v) is 2.54. The first-order valence-electron chi connectivity index (χ1n) is 6.59. The van der Waals surface area contributed by atoms with Gasteiger partial charge in [0, 0.05) is 6.92 Å². The maximum absolute atomic E-state index is 10.4. The van der Waals surface area contributed by atoms with E-state index in [9.17, 15) is 4.79 Å². The van der Waals surface area contributed by atoms with E-state index in [1.165, 1.54) is 45.4 Å². The van der Waals surface area contributed by atoms with Gasteiger partial charge in [-0.3, -0.25) is 4.79 Å². The summed E-state index contributed by atoms with van der Waals surface area (Å²) in [7, 11) is 0. The first-order chi connectivity index (χ1) is 8.27. The summed E-state index contributed by atoms with van der Waals surface area (Å²) >= 11 is 0. The highest BCUT2D eigenvalue weighted by molar-refractivity contribution is 5.65. The highest BCUT2D eigenvalue weighted by Crippen LogP contribution is 2.08. The smallest absolute Gasteiger partial charge is 0.304 e. The average molecular weight is 242 g/mol. The summed E-state index contributed by atoms with van der Waals surface area (Å²) in [5.41, 5.74) is 0. The van der Waals surface area contributed by atoms with Crippen molar-refractivity contribution >= 4 is 5.97 Å². The molecule has 0 amide bonds. The van der Waals surface area contributed by atoms with Gasteiger partial charge in [-0.2, -0.15) is 0 Å². The molecule has 0 aliphatic rings. The van der Waals surface area contributed by atoms with E-state index in [4.69, 9.17) is 4.74 Å². The van der Waals surface area contributed by atoms with Crippen LogP contribution in [0.2, 0.25) is 0 Å². The Hall–Kier alpha value is -0.830. The van der Waals surface area contributed by atoms with Crippen LogP contribution in [-0.2, 0) is 14.3 Å². The summed E-state index contributed by atoms with van der Waals surface area (Å²) in [6.45, 7) is 5.87. The number of allylic oxidation sites excluding steroid dienone is 1. The third-order valence-electron chi connectivity index (χ3n) is 2.54. The molecule has 0 rings (SSSR count). The lowest BCUT2D eigenvalue weighted by molar-refractivity contribution is -0.153. The van der Waals surface area contributed by atoms with Crippen molar-refractivity contribution in [2.45, 2.75) is 58.3 Å². The van der Waals surface area contributed by atoms with Crippen LogP contribution in [0.1, 0.15) is 58.3 Å². The van der Waals surface area contributed by atoms with E-state index in [1.807, 2.05) is 6.08 Å². The van der Waals surface area contributed by atoms with Crippen LogP contribution >= 0.6 is 0 Å². The van der Waals surface area contributed by atoms with Crippen LogP contribution < -0.4 is 0 Å². The second-order valence-electron chi connectivity index (χ2n) is 4.21. The van der Waals surface area contributed by atoms with Crippen LogP contribution in [0, 0.1) is 0 Å². The first-order valence-corrected chi connectivity index (χ1v) is 6.59. The molecule has 0 spiro atoms. The zero-order valence-electron chi connectivity index (χ0n) is 11.1. The Kier molecular flexibility index (Phi) is 12.6. The maximum Gasteiger partial charge on any atom is 0.304 e. The minimum atomic E-state index is -0.287. The number of unbranched alkanes of at least 4 members (excludes halogenated alkanes) is 7. The number of ether oxygens (including phenoxy) is 2. The summed E-state index contributed by atoms with van der Waals surface area (Å²) in [5.74, 6) is -0.287. The minimum Gasteiger partial charge on any atom is -0.439 e. The fraction of sp³-hybridized carbons (Fsp3) is 0.786. The molecular formula is C14H26O3. The van der Waals surface area contributed by atoms with Crippen LogP contribution in [0.25, 0.3) is 0 Å². The van der Waals surface area contributed by atoms with Gasteiger partial charge in [0.25, 0.3) is 0 Å². The number of carbonyl (C=O) groups excluding carboxylic acids is 1. The lowest BCUT2D eigenvalue weighted by Crippen LogP contribution is -2.05. The number of hydrogen-bond donors (Lipinski definition) is 0. The van der Waals surface area contributed by atoms with Crippen LogP contribution in [0.4, 0.5) is 0 Å². The highest BCUT2D eigenvalue weighted by Gasteiger charge is 1.94. The molecule has 3 nitrogen and oxygen atoms in total. The normalized spacial score (nSPS) is 10.2. The molecule has 100 valence electrons. The van der Waals surface area contributed by atoms with Crippen LogP contribution in [-0.4, -0.2) is 19.4 Å². The number of hydrogen-bond acceptors (Lipinski definition) is 3. The molecule has 0 heterocycles. The largest absolute Gasteiger partial charge is 0.439 e. The van der Waals surface area contributed by atoms with Gasteiger partial charge in [0.2, 0.25) is 0 Å². The molecule has 0 N–H and O–H groups in total. The molecule has 0 aliphatic heterocycles. The van der Waals surface area contributed by atoms with Crippen LogP contribution in [0.5, 0.6) is 0 Å². The lowest BCUT2D eigenvalue weighted by Gasteiger charge is -2.04. The molecule has 0 radical (unpaired) electrons. The van der Waals surface area contributed by atoms with Gasteiger partial charge in [0.1, 0.15) is 0 Å². The number of esters is 1. The highest BCUT2D eigenvalue weighted by atomic mass is 16.7. The molecular weight excluding hydrogens is 216 g/mol. The molecule has 0 aromatic heterocycles. The van der Waals surface area contributed by atoms with Crippen LogP contribution in [0.3, 0.4) is 0 Å². The summed E-state index contributed by atoms with van der Waals surface area (Å²) in [5, 5.41) is 0. The van der Waals surface area contributed by atoms with Crippen molar-refractivity contribution in [1.82, 2.24) is 0 Å². The Bertz CT molecular complexity index is 190. The van der Waals surface area contributed by atoms with E-state index < -0.39 is 0 Å². The van der Waals surface area contributed by atoms with Gasteiger partial charge >= 0.3 is 5.97 Å². The average Bonchev–Trinajstić information content (AvgIpc) is 2.30. The Morgan fingerprint density at radius 1 is 1.06 bits per heavy atom. The van der Waals surface area contributed by atoms with Crippen molar-refractivity contribution in [3.63, 3.8) is 0 Å². The predicted octanol–water partition coefficient (Wildman–Crippen LogP) is 3.83. The maximum atomic E-state index is 10.4. The van der Waals surface area contributed by atoms with Gasteiger partial charge in [-0.25, -0.2) is 0 Å². The van der Waals surface area contributed by atoms with Crippen molar-refractivity contribution in [2.75, 3.05) is 13.4 Å². The minimum absolute atomic E-state index is 0.0941. The molecule has 0 atom stereocenters. The molecule has 0 aromatic carbocycles. The van der Waals surface area contributed by atoms with Gasteiger partial charge in [-0.05, 0) is 19.3 Å². The zero-order valence-corrected chi connectivity index (χ0v) is 11.1. The van der Waals surface area contributed by atoms with E-state index in [1.54, 1.807) is 0 Å². The fourth-order valence-corrected chi connectivity index (χ4v) is 1.56. The van der Waals surface area contributed by atoms with Gasteiger partial charge in [0.05, 0.1) is 6.61 Å². The second-order valence-corrected chi connectivity index (χ2v) is 4.21. The van der Waals surface area contributed by atoms with Crippen molar-refractivity contribution in [1.29, 1.82) is 0 Å². The molecule has 0 aliphatic carbocycles. The van der Waals surface area contributed by atoms with Crippen LogP contribution in [0.15, 0.2) is 12.7 Å². The summed E-state index contributed by atoms with van der Waals surface area (Å²) in [6, 6.07) is 0. The summed E-state index contributed by atoms with van der Waals surface area (Å²) in [4.78, 5) is 10.4. The van der Waals surface area contributed by atoms with E-state index in [2.05, 4.69) is 11.3 Å². The predicted molar refractivity (Wildman–Crippen MR) is 69.7 cm³/mol. The Morgan fingerprint density at radius 2 is 1.65 bits per heavy atom. The molecule has 0 aromatic rings. The van der Waals surface area contributed by atoms with Crippen molar-refractivity contribution in [3.8, 4) is 0 Å². The van der Waals surface area contributed by atoms with Gasteiger partial charge in [-0.1, -0.05) is 38.2 Å². The van der Waals surface area contributed by atoms with E-state index in [0.29, 0.717) is 6.61 Å². The van der Waals surface area contributed by atoms with Gasteiger partial charge < -0.3 is 9.47 Å². The quantitative estimate of drug-likeness (QED) is 0.226. The SMILES string of the molecule is C=CCCCCCCCCCOCOC(C)=O. The van der Waals surface area contributed by atoms with Crippen molar-refractivity contribution in [3.05, 3.63) is 12.7 Å². The number of carbonyl (C=O) groups is 1. The molecule has 0 saturated heterocycles. The van der Waals surface area contributed by atoms with Gasteiger partial charge in [0.15, 0.2) is 6.79 Å². The first kappa shape index (κ1) is 16.2. The molecule has 0 unspecified atom stereocenters. The molecule has 0 fully saturated rings. The van der Waals surface area contributed by atoms with Gasteiger partial charge in [-0.15, -0.1) is 6.58 Å². The fourth-order valence-electron chi connectivity index (χ4n) is 1.56. The van der Waals surface area contributed by atoms with E-state index >= 15 is 0 Å². The Morgan fingerprint density at radius 3 is 2.24 bits per heavy atom. The Balaban J connectivity index is 2.94. The molecule has 3 heteroatoms. The molecule has 0 saturated carbocycles. The number of rotatable bonds is 12. The topological polar surface area (TPSA) is 35.5 Å². The van der Waals surface area contributed by atoms with Crippen molar-refractivity contribution < 1.29 is 14.3 Å². The summed E-state index contributed by atoms with van der Waals surface area (Å²) < 4.78 is 9.81. The zero-order chi connectivity index (χ0) is 12.8. The van der Waals surface area contributed by atoms with E-state index in [-0.39, 0.29) is 12.8 Å². The second kappa shape index (κ2) is 13.2. The Labute approximate surface area is 105 Å². The van der Waals surface area contributed by atoms with E-state index in [0.717, 1.165) is 12.8 Å². The molecule has 17 heavy (non-hydrogen) atoms.